The van der Waals surface area contributed by atoms with Crippen LogP contribution >= 0.6 is 0 Å². The molecular weight excluding hydrogens is 263 g/mol. The lowest BCUT2D eigenvalue weighted by atomic mass is 10.0. The lowest BCUT2D eigenvalue weighted by Crippen LogP contribution is -2.56. The van der Waals surface area contributed by atoms with Gasteiger partial charge >= 0.3 is 12.2 Å². The third kappa shape index (κ3) is 1.88. The number of carbonyl (C=O) groups excluding carboxylic acids is 2. The van der Waals surface area contributed by atoms with Crippen LogP contribution in [0.15, 0.2) is 24.3 Å². The molecule has 1 fully saturated rings. The summed E-state index contributed by atoms with van der Waals surface area (Å²) >= 11 is 0. The summed E-state index contributed by atoms with van der Waals surface area (Å²) in [7, 11) is 0. The van der Waals surface area contributed by atoms with Gasteiger partial charge in [0.05, 0.1) is 5.69 Å². The molecule has 3 N–H and O–H groups in total. The fraction of sp³-hybridized carbons (Fsp3) is 0.273. The van der Waals surface area contributed by atoms with Crippen molar-refractivity contribution in [2.45, 2.75) is 18.6 Å². The Kier molecular flexibility index (Phi) is 2.69. The Labute approximate surface area is 106 Å². The van der Waals surface area contributed by atoms with Crippen LogP contribution in [0.5, 0.6) is 0 Å². The van der Waals surface area contributed by atoms with Crippen LogP contribution < -0.4 is 16.0 Å². The van der Waals surface area contributed by atoms with E-state index >= 15 is 0 Å². The van der Waals surface area contributed by atoms with E-state index in [9.17, 15) is 22.8 Å². The lowest BCUT2D eigenvalue weighted by Gasteiger charge is -2.24. The third-order valence-electron chi connectivity index (χ3n) is 2.89. The fourth-order valence-corrected chi connectivity index (χ4v) is 1.73. The molecule has 5 nitrogen and oxygen atoms in total. The van der Waals surface area contributed by atoms with Gasteiger partial charge in [0.1, 0.15) is 0 Å². The van der Waals surface area contributed by atoms with Gasteiger partial charge in [-0.05, 0) is 25.1 Å². The number of halogens is 3. The maximum atomic E-state index is 12.9. The van der Waals surface area contributed by atoms with Crippen molar-refractivity contribution in [2.24, 2.45) is 0 Å². The second kappa shape index (κ2) is 3.87. The minimum Gasteiger partial charge on any atom is -0.399 e. The van der Waals surface area contributed by atoms with Crippen molar-refractivity contribution in [3.8, 4) is 0 Å². The van der Waals surface area contributed by atoms with Gasteiger partial charge < -0.3 is 11.1 Å². The molecule has 1 unspecified atom stereocenters. The van der Waals surface area contributed by atoms with E-state index in [2.05, 4.69) is 0 Å². The first kappa shape index (κ1) is 13.2. The first-order valence-corrected chi connectivity index (χ1v) is 5.26. The minimum atomic E-state index is -4.88. The van der Waals surface area contributed by atoms with Crippen LogP contribution in [0.2, 0.25) is 0 Å². The Bertz CT molecular complexity index is 558. The fourth-order valence-electron chi connectivity index (χ4n) is 1.73. The molecule has 0 aliphatic carbocycles. The average Bonchev–Trinajstić information content (AvgIpc) is 2.50. The molecular formula is C11H10F3N3O2. The molecule has 0 spiro atoms. The number of nitrogens with two attached hydrogens (primary N) is 1. The third-order valence-corrected chi connectivity index (χ3v) is 2.89. The Morgan fingerprint density at radius 2 is 1.95 bits per heavy atom. The number of nitrogens with zero attached hydrogens (tertiary/aromatic N) is 1. The number of rotatable bonds is 1. The zero-order valence-electron chi connectivity index (χ0n) is 9.78. The van der Waals surface area contributed by atoms with E-state index < -0.39 is 23.7 Å². The molecule has 0 radical (unpaired) electrons. The summed E-state index contributed by atoms with van der Waals surface area (Å²) in [6.07, 6.45) is -4.88. The Morgan fingerprint density at radius 1 is 1.32 bits per heavy atom. The van der Waals surface area contributed by atoms with Crippen LogP contribution in [0.3, 0.4) is 0 Å². The number of carbonyl (C=O) groups is 2. The number of imide groups is 1. The predicted octanol–water partition coefficient (Wildman–Crippen LogP) is 1.65. The van der Waals surface area contributed by atoms with Crippen molar-refractivity contribution >= 4 is 23.3 Å². The van der Waals surface area contributed by atoms with Gasteiger partial charge in [-0.15, -0.1) is 0 Å². The molecule has 1 aliphatic rings. The highest BCUT2D eigenvalue weighted by Gasteiger charge is 2.64. The second-order valence-corrected chi connectivity index (χ2v) is 4.29. The van der Waals surface area contributed by atoms with Crippen LogP contribution in [-0.2, 0) is 4.79 Å². The number of nitrogens with one attached hydrogen (secondary N) is 1. The van der Waals surface area contributed by atoms with E-state index in [0.717, 1.165) is 0 Å². The molecule has 0 aromatic heterocycles. The van der Waals surface area contributed by atoms with Crippen LogP contribution in [-0.4, -0.2) is 23.7 Å². The molecule has 1 aromatic rings. The van der Waals surface area contributed by atoms with E-state index in [1.165, 1.54) is 24.3 Å². The van der Waals surface area contributed by atoms with Crippen molar-refractivity contribution in [3.63, 3.8) is 0 Å². The molecule has 1 aliphatic heterocycles. The number of alkyl halides is 3. The first-order valence-electron chi connectivity index (χ1n) is 5.26. The van der Waals surface area contributed by atoms with Gasteiger partial charge in [-0.1, -0.05) is 6.07 Å². The summed E-state index contributed by atoms with van der Waals surface area (Å²) in [5.41, 5.74) is 2.79. The number of anilines is 2. The summed E-state index contributed by atoms with van der Waals surface area (Å²) in [5, 5.41) is 1.66. The maximum absolute atomic E-state index is 12.9. The zero-order chi connectivity index (χ0) is 14.4. The van der Waals surface area contributed by atoms with Gasteiger partial charge in [0.2, 0.25) is 5.54 Å². The summed E-state index contributed by atoms with van der Waals surface area (Å²) in [4.78, 5) is 23.9. The minimum absolute atomic E-state index is 0.00419. The number of amides is 3. The standard InChI is InChI=1S/C11H10F3N3O2/c1-10(11(12,13)14)8(18)17(9(19)16-10)7-4-2-3-6(15)5-7/h2-5H,15H2,1H3,(H,16,19). The second-order valence-electron chi connectivity index (χ2n) is 4.29. The number of benzene rings is 1. The molecule has 1 saturated heterocycles. The normalized spacial score (nSPS) is 23.7. The molecule has 0 bridgehead atoms. The van der Waals surface area contributed by atoms with Crippen LogP contribution in [0.25, 0.3) is 0 Å². The quantitative estimate of drug-likeness (QED) is 0.603. The van der Waals surface area contributed by atoms with Crippen LogP contribution in [0.4, 0.5) is 29.3 Å². The number of urea groups is 1. The summed E-state index contributed by atoms with van der Waals surface area (Å²) in [6.45, 7) is 0.625. The number of hydrogen-bond donors (Lipinski definition) is 2. The van der Waals surface area contributed by atoms with Gasteiger partial charge in [-0.3, -0.25) is 4.79 Å². The summed E-state index contributed by atoms with van der Waals surface area (Å²) in [5.74, 6) is -1.38. The maximum Gasteiger partial charge on any atom is 0.420 e. The van der Waals surface area contributed by atoms with E-state index in [0.29, 0.717) is 11.8 Å². The molecule has 1 aromatic carbocycles. The number of nitrogen functional groups attached to an aromatic ring is 1. The van der Waals surface area contributed by atoms with Crippen molar-refractivity contribution in [2.75, 3.05) is 10.6 Å². The van der Waals surface area contributed by atoms with Crippen molar-refractivity contribution in [1.29, 1.82) is 0 Å². The highest BCUT2D eigenvalue weighted by atomic mass is 19.4. The van der Waals surface area contributed by atoms with Crippen LogP contribution in [0, 0.1) is 0 Å². The van der Waals surface area contributed by atoms with E-state index in [-0.39, 0.29) is 11.4 Å². The Hall–Kier alpha value is -2.25. The van der Waals surface area contributed by atoms with E-state index in [1.54, 1.807) is 5.32 Å². The molecule has 102 valence electrons. The van der Waals surface area contributed by atoms with E-state index in [4.69, 9.17) is 5.73 Å². The Balaban J connectivity index is 2.45. The van der Waals surface area contributed by atoms with Crippen molar-refractivity contribution < 1.29 is 22.8 Å². The molecule has 8 heteroatoms. The molecule has 1 heterocycles. The summed E-state index contributed by atoms with van der Waals surface area (Å²) in [6, 6.07) is 4.38. The highest BCUT2D eigenvalue weighted by molar-refractivity contribution is 6.23. The van der Waals surface area contributed by atoms with Gasteiger partial charge in [0.15, 0.2) is 0 Å². The van der Waals surface area contributed by atoms with Gasteiger partial charge in [-0.25, -0.2) is 9.69 Å². The molecule has 3 amide bonds. The largest absolute Gasteiger partial charge is 0.420 e. The molecule has 0 saturated carbocycles. The van der Waals surface area contributed by atoms with Gasteiger partial charge in [-0.2, -0.15) is 13.2 Å². The monoisotopic (exact) mass is 273 g/mol. The highest BCUT2D eigenvalue weighted by Crippen LogP contribution is 2.37. The lowest BCUT2D eigenvalue weighted by molar-refractivity contribution is -0.187. The van der Waals surface area contributed by atoms with Crippen LogP contribution in [0.1, 0.15) is 6.92 Å². The van der Waals surface area contributed by atoms with Gasteiger partial charge in [0.25, 0.3) is 5.91 Å². The Morgan fingerprint density at radius 3 is 2.42 bits per heavy atom. The topological polar surface area (TPSA) is 75.4 Å². The SMILES string of the molecule is CC1(C(F)(F)F)NC(=O)N(c2cccc(N)c2)C1=O. The summed E-state index contributed by atoms with van der Waals surface area (Å²) < 4.78 is 38.6. The van der Waals surface area contributed by atoms with Crippen molar-refractivity contribution in [1.82, 2.24) is 5.32 Å². The molecule has 2 rings (SSSR count). The van der Waals surface area contributed by atoms with Crippen molar-refractivity contribution in [3.05, 3.63) is 24.3 Å². The van der Waals surface area contributed by atoms with Gasteiger partial charge in [0, 0.05) is 5.69 Å². The average molecular weight is 273 g/mol. The smallest absolute Gasteiger partial charge is 0.399 e. The number of hydrogen-bond acceptors (Lipinski definition) is 3. The first-order chi connectivity index (χ1) is 8.67. The van der Waals surface area contributed by atoms with E-state index in [1.807, 2.05) is 0 Å². The zero-order valence-corrected chi connectivity index (χ0v) is 9.78. The molecule has 1 atom stereocenters. The molecule has 19 heavy (non-hydrogen) atoms. The predicted molar refractivity (Wildman–Crippen MR) is 61.3 cm³/mol.